The third-order valence-electron chi connectivity index (χ3n) is 6.73. The lowest BCUT2D eigenvalue weighted by atomic mass is 9.99. The number of rotatable bonds is 7. The van der Waals surface area contributed by atoms with E-state index in [1.54, 1.807) is 18.3 Å². The Kier molecular flexibility index (Phi) is 7.63. The van der Waals surface area contributed by atoms with Crippen LogP contribution in [0, 0.1) is 26.6 Å². The average molecular weight is 545 g/mol. The highest BCUT2D eigenvalue weighted by Gasteiger charge is 2.30. The zero-order chi connectivity index (χ0) is 27.7. The Morgan fingerprint density at radius 2 is 1.90 bits per heavy atom. The second-order valence-corrected chi connectivity index (χ2v) is 10.8. The summed E-state index contributed by atoms with van der Waals surface area (Å²) in [5.74, 6) is 0.815. The van der Waals surface area contributed by atoms with E-state index < -0.39 is 5.25 Å². The molecule has 200 valence electrons. The van der Waals surface area contributed by atoms with E-state index in [1.807, 2.05) is 45.9 Å². The highest BCUT2D eigenvalue weighted by Crippen LogP contribution is 2.43. The van der Waals surface area contributed by atoms with Crippen LogP contribution < -0.4 is 10.1 Å². The molecule has 2 N–H and O–H groups in total. The number of nitrogens with zero attached hydrogens (tertiary/aromatic N) is 3. The molecule has 39 heavy (non-hydrogen) atoms. The summed E-state index contributed by atoms with van der Waals surface area (Å²) >= 11 is 1.35. The number of fused-ring (bicyclic) bond motifs is 2. The zero-order valence-electron chi connectivity index (χ0n) is 22.2. The van der Waals surface area contributed by atoms with Crippen LogP contribution in [0.4, 0.5) is 10.1 Å². The van der Waals surface area contributed by atoms with Crippen molar-refractivity contribution in [2.45, 2.75) is 57.4 Å². The summed E-state index contributed by atoms with van der Waals surface area (Å²) in [6.45, 7) is 7.57. The van der Waals surface area contributed by atoms with E-state index in [9.17, 15) is 14.3 Å². The molecular weight excluding hydrogens is 515 g/mol. The predicted molar refractivity (Wildman–Crippen MR) is 150 cm³/mol. The summed E-state index contributed by atoms with van der Waals surface area (Å²) in [4.78, 5) is 27.3. The van der Waals surface area contributed by atoms with Crippen molar-refractivity contribution >= 4 is 23.4 Å². The molecule has 0 saturated carbocycles. The first-order valence-electron chi connectivity index (χ1n) is 12.7. The van der Waals surface area contributed by atoms with Gasteiger partial charge in [-0.25, -0.2) is 9.37 Å². The van der Waals surface area contributed by atoms with E-state index >= 15 is 0 Å². The molecule has 0 spiro atoms. The number of hydrogen-bond donors (Lipinski definition) is 2. The molecule has 9 heteroatoms. The van der Waals surface area contributed by atoms with Crippen molar-refractivity contribution in [1.29, 1.82) is 0 Å². The molecule has 7 nitrogen and oxygen atoms in total. The van der Waals surface area contributed by atoms with Crippen LogP contribution >= 0.6 is 11.8 Å². The molecule has 5 rings (SSSR count). The molecule has 2 aromatic heterocycles. The molecule has 0 fully saturated rings. The Hall–Kier alpha value is -3.82. The van der Waals surface area contributed by atoms with Gasteiger partial charge in [0.25, 0.3) is 0 Å². The molecule has 1 aliphatic heterocycles. The minimum Gasteiger partial charge on any atom is -0.436 e. The zero-order valence-corrected chi connectivity index (χ0v) is 23.0. The molecule has 1 aliphatic rings. The number of carbonyl (C=O) groups is 1. The SMILES string of the molecule is CCC(Sc1nc(-c2ccc(F)cc2)nc2c1Cc1c(CO)cnc(C)c1O2)C(=O)Nc1cc(C)ccc1C. The molecule has 0 bridgehead atoms. The summed E-state index contributed by atoms with van der Waals surface area (Å²) < 4.78 is 19.9. The van der Waals surface area contributed by atoms with Gasteiger partial charge >= 0.3 is 0 Å². The summed E-state index contributed by atoms with van der Waals surface area (Å²) in [7, 11) is 0. The van der Waals surface area contributed by atoms with Crippen LogP contribution in [0.15, 0.2) is 53.7 Å². The minimum absolute atomic E-state index is 0.125. The maximum Gasteiger partial charge on any atom is 0.237 e. The van der Waals surface area contributed by atoms with Crippen LogP contribution in [-0.2, 0) is 17.8 Å². The number of halogens is 1. The molecule has 0 radical (unpaired) electrons. The lowest BCUT2D eigenvalue weighted by Crippen LogP contribution is -2.25. The van der Waals surface area contributed by atoms with E-state index in [4.69, 9.17) is 9.72 Å². The summed E-state index contributed by atoms with van der Waals surface area (Å²) in [6, 6.07) is 11.9. The van der Waals surface area contributed by atoms with Gasteiger partial charge in [-0.2, -0.15) is 4.98 Å². The Balaban J connectivity index is 1.55. The van der Waals surface area contributed by atoms with Crippen molar-refractivity contribution in [3.8, 4) is 23.0 Å². The molecule has 0 saturated heterocycles. The maximum absolute atomic E-state index is 13.6. The molecule has 0 aliphatic carbocycles. The highest BCUT2D eigenvalue weighted by molar-refractivity contribution is 8.00. The van der Waals surface area contributed by atoms with Crippen LogP contribution in [0.3, 0.4) is 0 Å². The van der Waals surface area contributed by atoms with E-state index in [0.29, 0.717) is 52.1 Å². The Morgan fingerprint density at radius 3 is 2.62 bits per heavy atom. The number of aromatic nitrogens is 3. The van der Waals surface area contributed by atoms with Crippen molar-refractivity contribution in [2.75, 3.05) is 5.32 Å². The van der Waals surface area contributed by atoms with Gasteiger partial charge in [-0.15, -0.1) is 0 Å². The van der Waals surface area contributed by atoms with E-state index in [0.717, 1.165) is 27.9 Å². The molecule has 1 atom stereocenters. The van der Waals surface area contributed by atoms with Gasteiger partial charge in [-0.3, -0.25) is 9.78 Å². The third kappa shape index (κ3) is 5.51. The molecular formula is C30H29FN4O3S. The van der Waals surface area contributed by atoms with Crippen molar-refractivity contribution in [3.05, 3.63) is 88.0 Å². The fraction of sp³-hybridized carbons (Fsp3) is 0.267. The largest absolute Gasteiger partial charge is 0.436 e. The molecule has 1 unspecified atom stereocenters. The number of carbonyl (C=O) groups excluding carboxylic acids is 1. The van der Waals surface area contributed by atoms with Gasteiger partial charge in [0.05, 0.1) is 23.1 Å². The first-order valence-corrected chi connectivity index (χ1v) is 13.6. The molecule has 1 amide bonds. The van der Waals surface area contributed by atoms with Gasteiger partial charge < -0.3 is 15.2 Å². The number of aryl methyl sites for hydroxylation is 3. The summed E-state index contributed by atoms with van der Waals surface area (Å²) in [5.41, 5.74) is 6.36. The average Bonchev–Trinajstić information content (AvgIpc) is 2.93. The smallest absolute Gasteiger partial charge is 0.237 e. The Bertz CT molecular complexity index is 1560. The van der Waals surface area contributed by atoms with Crippen LogP contribution in [0.5, 0.6) is 11.6 Å². The lowest BCUT2D eigenvalue weighted by Gasteiger charge is -2.25. The van der Waals surface area contributed by atoms with Gasteiger partial charge in [0.15, 0.2) is 11.6 Å². The number of amides is 1. The highest BCUT2D eigenvalue weighted by atomic mass is 32.2. The Labute approximate surface area is 230 Å². The number of aliphatic hydroxyl groups is 1. The van der Waals surface area contributed by atoms with Gasteiger partial charge in [0, 0.05) is 35.0 Å². The Morgan fingerprint density at radius 1 is 1.13 bits per heavy atom. The van der Waals surface area contributed by atoms with Crippen molar-refractivity contribution in [3.63, 3.8) is 0 Å². The second-order valence-electron chi connectivity index (χ2n) is 9.58. The van der Waals surface area contributed by atoms with Crippen LogP contribution in [0.25, 0.3) is 11.4 Å². The van der Waals surface area contributed by atoms with E-state index in [2.05, 4.69) is 15.3 Å². The van der Waals surface area contributed by atoms with Crippen LogP contribution in [0.1, 0.15) is 46.9 Å². The summed E-state index contributed by atoms with van der Waals surface area (Å²) in [6.07, 6.45) is 2.63. The number of hydrogen-bond acceptors (Lipinski definition) is 7. The number of aliphatic hydroxyl groups excluding tert-OH is 1. The number of benzene rings is 2. The fourth-order valence-corrected chi connectivity index (χ4v) is 5.50. The van der Waals surface area contributed by atoms with Crippen molar-refractivity contribution in [1.82, 2.24) is 15.0 Å². The van der Waals surface area contributed by atoms with Gasteiger partial charge in [-0.05, 0) is 68.7 Å². The predicted octanol–water partition coefficient (Wildman–Crippen LogP) is 6.30. The summed E-state index contributed by atoms with van der Waals surface area (Å²) in [5, 5.41) is 13.2. The lowest BCUT2D eigenvalue weighted by molar-refractivity contribution is -0.115. The van der Waals surface area contributed by atoms with Crippen LogP contribution in [0.2, 0.25) is 0 Å². The molecule has 3 heterocycles. The first-order chi connectivity index (χ1) is 18.8. The standard InChI is InChI=1S/C30H29FN4O3S/c1-5-25(28(37)33-24-12-16(2)6-7-17(24)3)39-30-23-13-22-20(15-36)14-32-18(4)26(22)38-29(23)34-27(35-30)19-8-10-21(31)11-9-19/h6-12,14,25,36H,5,13,15H2,1-4H3,(H,33,37). The van der Waals surface area contributed by atoms with Gasteiger partial charge in [-0.1, -0.05) is 30.8 Å². The van der Waals surface area contributed by atoms with Crippen LogP contribution in [-0.4, -0.2) is 31.2 Å². The topological polar surface area (TPSA) is 97.2 Å². The number of ether oxygens (including phenoxy) is 1. The first kappa shape index (κ1) is 26.8. The third-order valence-corrected chi connectivity index (χ3v) is 8.12. The normalized spacial score (nSPS) is 12.8. The van der Waals surface area contributed by atoms with Gasteiger partial charge in [0.1, 0.15) is 10.8 Å². The van der Waals surface area contributed by atoms with Gasteiger partial charge in [0.2, 0.25) is 11.8 Å². The van der Waals surface area contributed by atoms with Crippen molar-refractivity contribution in [2.24, 2.45) is 0 Å². The number of nitrogens with one attached hydrogen (secondary N) is 1. The number of pyridine rings is 1. The number of anilines is 1. The molecule has 2 aromatic carbocycles. The number of thioether (sulfide) groups is 1. The fourth-order valence-electron chi connectivity index (χ4n) is 4.46. The second kappa shape index (κ2) is 11.1. The molecule has 4 aromatic rings. The van der Waals surface area contributed by atoms with E-state index in [-0.39, 0.29) is 18.3 Å². The van der Waals surface area contributed by atoms with Crippen molar-refractivity contribution < 1.29 is 19.0 Å². The quantitative estimate of drug-likeness (QED) is 0.183. The van der Waals surface area contributed by atoms with E-state index in [1.165, 1.54) is 23.9 Å². The minimum atomic E-state index is -0.442. The monoisotopic (exact) mass is 544 g/mol. The maximum atomic E-state index is 13.6.